The number of phenolic OH excluding ortho intramolecular Hbond substituents is 1. The Labute approximate surface area is 224 Å². The largest absolute Gasteiger partial charge is 0.507 e. The number of thioether (sulfide) groups is 1. The standard InChI is InChI=1S/C28H27N5O4S/c1-4-6-19-7-5-8-21(26(19)35)17-29-30-25(34)18-38-28-32-31-27(20-9-13-23(36-2)14-10-20)33(28)22-11-15-24(37-3)16-12-22/h4-5,7-17,35H,1,6,18H2,2-3H3,(H,30,34)/b29-17+. The number of nitrogens with one attached hydrogen (secondary N) is 1. The van der Waals surface area contributed by atoms with Crippen LogP contribution in [0.3, 0.4) is 0 Å². The van der Waals surface area contributed by atoms with Crippen molar-refractivity contribution in [1.29, 1.82) is 0 Å². The third-order valence-electron chi connectivity index (χ3n) is 5.55. The molecule has 2 N–H and O–H groups in total. The van der Waals surface area contributed by atoms with Gasteiger partial charge in [0.05, 0.1) is 26.2 Å². The Morgan fingerprint density at radius 2 is 1.74 bits per heavy atom. The summed E-state index contributed by atoms with van der Waals surface area (Å²) in [7, 11) is 3.22. The van der Waals surface area contributed by atoms with E-state index in [2.05, 4.69) is 27.3 Å². The molecule has 1 amide bonds. The maximum Gasteiger partial charge on any atom is 0.250 e. The number of methoxy groups -OCH3 is 2. The van der Waals surface area contributed by atoms with Crippen molar-refractivity contribution < 1.29 is 19.4 Å². The zero-order chi connectivity index (χ0) is 26.9. The van der Waals surface area contributed by atoms with E-state index in [0.717, 1.165) is 28.3 Å². The second kappa shape index (κ2) is 12.6. The van der Waals surface area contributed by atoms with Gasteiger partial charge >= 0.3 is 0 Å². The number of phenols is 1. The summed E-state index contributed by atoms with van der Waals surface area (Å²) in [6, 6.07) is 20.3. The minimum absolute atomic E-state index is 0.0523. The van der Waals surface area contributed by atoms with Gasteiger partial charge in [0, 0.05) is 16.8 Å². The molecular formula is C28H27N5O4S. The van der Waals surface area contributed by atoms with Gasteiger partial charge in [-0.25, -0.2) is 5.43 Å². The molecule has 4 aromatic rings. The summed E-state index contributed by atoms with van der Waals surface area (Å²) in [6.45, 7) is 3.69. The lowest BCUT2D eigenvalue weighted by Crippen LogP contribution is -2.20. The number of hydrogen-bond donors (Lipinski definition) is 2. The van der Waals surface area contributed by atoms with E-state index in [1.54, 1.807) is 26.4 Å². The van der Waals surface area contributed by atoms with E-state index in [-0.39, 0.29) is 17.4 Å². The summed E-state index contributed by atoms with van der Waals surface area (Å²) in [5, 5.41) is 23.6. The number of hydrazone groups is 1. The first-order valence-corrected chi connectivity index (χ1v) is 12.6. The van der Waals surface area contributed by atoms with E-state index in [1.165, 1.54) is 18.0 Å². The lowest BCUT2D eigenvalue weighted by atomic mass is 10.1. The molecular weight excluding hydrogens is 502 g/mol. The smallest absolute Gasteiger partial charge is 0.250 e. The van der Waals surface area contributed by atoms with Crippen molar-refractivity contribution >= 4 is 23.9 Å². The molecule has 0 spiro atoms. The average molecular weight is 530 g/mol. The van der Waals surface area contributed by atoms with Crippen LogP contribution in [0.1, 0.15) is 11.1 Å². The molecule has 9 nitrogen and oxygen atoms in total. The fourth-order valence-electron chi connectivity index (χ4n) is 3.63. The predicted molar refractivity (Wildman–Crippen MR) is 148 cm³/mol. The van der Waals surface area contributed by atoms with Crippen molar-refractivity contribution in [2.75, 3.05) is 20.0 Å². The Bertz CT molecular complexity index is 1430. The van der Waals surface area contributed by atoms with Crippen molar-refractivity contribution in [1.82, 2.24) is 20.2 Å². The zero-order valence-electron chi connectivity index (χ0n) is 21.0. The molecule has 0 fully saturated rings. The number of nitrogens with zero attached hydrogens (tertiary/aromatic N) is 4. The van der Waals surface area contributed by atoms with Gasteiger partial charge < -0.3 is 14.6 Å². The summed E-state index contributed by atoms with van der Waals surface area (Å²) >= 11 is 1.23. The van der Waals surface area contributed by atoms with Crippen LogP contribution in [0.5, 0.6) is 17.2 Å². The summed E-state index contributed by atoms with van der Waals surface area (Å²) in [4.78, 5) is 12.5. The summed E-state index contributed by atoms with van der Waals surface area (Å²) in [5.74, 6) is 1.91. The number of ether oxygens (including phenoxy) is 2. The topological polar surface area (TPSA) is 111 Å². The van der Waals surface area contributed by atoms with Crippen molar-refractivity contribution in [2.24, 2.45) is 5.10 Å². The van der Waals surface area contributed by atoms with Gasteiger partial charge in [-0.3, -0.25) is 9.36 Å². The van der Waals surface area contributed by atoms with Crippen molar-refractivity contribution in [3.8, 4) is 34.3 Å². The first-order valence-electron chi connectivity index (χ1n) is 11.6. The highest BCUT2D eigenvalue weighted by atomic mass is 32.2. The average Bonchev–Trinajstić information content (AvgIpc) is 3.38. The quantitative estimate of drug-likeness (QED) is 0.126. The number of para-hydroxylation sites is 1. The lowest BCUT2D eigenvalue weighted by molar-refractivity contribution is -0.118. The van der Waals surface area contributed by atoms with Crippen molar-refractivity contribution in [3.63, 3.8) is 0 Å². The number of amides is 1. The number of carbonyl (C=O) groups excluding carboxylic acids is 1. The van der Waals surface area contributed by atoms with Crippen LogP contribution in [0.2, 0.25) is 0 Å². The van der Waals surface area contributed by atoms with Crippen LogP contribution in [0.25, 0.3) is 17.1 Å². The number of allylic oxidation sites excluding steroid dienone is 1. The molecule has 0 aliphatic heterocycles. The fraction of sp³-hybridized carbons (Fsp3) is 0.143. The molecule has 4 rings (SSSR count). The van der Waals surface area contributed by atoms with Crippen molar-refractivity contribution in [2.45, 2.75) is 11.6 Å². The first kappa shape index (κ1) is 26.5. The third kappa shape index (κ3) is 6.22. The number of carbonyl (C=O) groups is 1. The summed E-state index contributed by atoms with van der Waals surface area (Å²) in [5.41, 5.74) is 5.39. The summed E-state index contributed by atoms with van der Waals surface area (Å²) in [6.07, 6.45) is 3.65. The Balaban J connectivity index is 1.51. The maximum absolute atomic E-state index is 12.5. The molecule has 0 atom stereocenters. The van der Waals surface area contributed by atoms with Crippen LogP contribution in [0.15, 0.2) is 89.6 Å². The molecule has 1 aromatic heterocycles. The first-order chi connectivity index (χ1) is 18.5. The number of aromatic nitrogens is 3. The van der Waals surface area contributed by atoms with Crippen LogP contribution >= 0.6 is 11.8 Å². The number of rotatable bonds is 11. The fourth-order valence-corrected chi connectivity index (χ4v) is 4.37. The number of aromatic hydroxyl groups is 1. The number of hydrogen-bond acceptors (Lipinski definition) is 8. The Morgan fingerprint density at radius 3 is 2.39 bits per heavy atom. The van der Waals surface area contributed by atoms with Gasteiger partial charge in [-0.05, 0) is 66.6 Å². The molecule has 0 saturated heterocycles. The van der Waals surface area contributed by atoms with Crippen LogP contribution in [0, 0.1) is 0 Å². The van der Waals surface area contributed by atoms with E-state index >= 15 is 0 Å². The maximum atomic E-state index is 12.5. The molecule has 0 saturated carbocycles. The van der Waals surface area contributed by atoms with Gasteiger partial charge in [-0.15, -0.1) is 16.8 Å². The highest BCUT2D eigenvalue weighted by molar-refractivity contribution is 7.99. The van der Waals surface area contributed by atoms with Crippen LogP contribution in [0.4, 0.5) is 0 Å². The van der Waals surface area contributed by atoms with Crippen LogP contribution < -0.4 is 14.9 Å². The molecule has 0 aliphatic rings. The minimum Gasteiger partial charge on any atom is -0.507 e. The van der Waals surface area contributed by atoms with E-state index in [1.807, 2.05) is 65.2 Å². The van der Waals surface area contributed by atoms with E-state index in [9.17, 15) is 9.90 Å². The Hall–Kier alpha value is -4.57. The third-order valence-corrected chi connectivity index (χ3v) is 6.48. The molecule has 0 radical (unpaired) electrons. The zero-order valence-corrected chi connectivity index (χ0v) is 21.8. The van der Waals surface area contributed by atoms with E-state index in [4.69, 9.17) is 9.47 Å². The highest BCUT2D eigenvalue weighted by Crippen LogP contribution is 2.30. The van der Waals surface area contributed by atoms with E-state index < -0.39 is 0 Å². The monoisotopic (exact) mass is 529 g/mol. The van der Waals surface area contributed by atoms with Gasteiger partial charge in [-0.1, -0.05) is 30.0 Å². The van der Waals surface area contributed by atoms with E-state index in [0.29, 0.717) is 23.0 Å². The van der Waals surface area contributed by atoms with Gasteiger partial charge in [-0.2, -0.15) is 5.10 Å². The molecule has 0 bridgehead atoms. The molecule has 0 aliphatic carbocycles. The predicted octanol–water partition coefficient (Wildman–Crippen LogP) is 4.63. The number of benzene rings is 3. The normalized spacial score (nSPS) is 10.9. The molecule has 38 heavy (non-hydrogen) atoms. The Morgan fingerprint density at radius 1 is 1.05 bits per heavy atom. The summed E-state index contributed by atoms with van der Waals surface area (Å²) < 4.78 is 12.4. The van der Waals surface area contributed by atoms with Crippen LogP contribution in [-0.4, -0.2) is 52.0 Å². The molecule has 194 valence electrons. The van der Waals surface area contributed by atoms with Gasteiger partial charge in [0.2, 0.25) is 0 Å². The lowest BCUT2D eigenvalue weighted by Gasteiger charge is -2.11. The minimum atomic E-state index is -0.330. The van der Waals surface area contributed by atoms with Gasteiger partial charge in [0.1, 0.15) is 17.2 Å². The van der Waals surface area contributed by atoms with Gasteiger partial charge in [0.15, 0.2) is 11.0 Å². The second-order valence-corrected chi connectivity index (χ2v) is 8.94. The van der Waals surface area contributed by atoms with Crippen LogP contribution in [-0.2, 0) is 11.2 Å². The Kier molecular flexibility index (Phi) is 8.78. The second-order valence-electron chi connectivity index (χ2n) is 8.00. The molecule has 0 unspecified atom stereocenters. The molecule has 10 heteroatoms. The SMILES string of the molecule is C=CCc1cccc(/C=N/NC(=O)CSc2nnc(-c3ccc(OC)cc3)n2-c2ccc(OC)cc2)c1O. The molecule has 1 heterocycles. The highest BCUT2D eigenvalue weighted by Gasteiger charge is 2.17. The molecule has 3 aromatic carbocycles. The van der Waals surface area contributed by atoms with Gasteiger partial charge in [0.25, 0.3) is 5.91 Å². The van der Waals surface area contributed by atoms with Crippen molar-refractivity contribution in [3.05, 3.63) is 90.5 Å².